The molecule has 0 heterocycles. The van der Waals surface area contributed by atoms with Gasteiger partial charge in [-0.15, -0.1) is 0 Å². The number of hydrogen-bond donors (Lipinski definition) is 1. The van der Waals surface area contributed by atoms with E-state index in [0.717, 1.165) is 38.5 Å². The zero-order chi connectivity index (χ0) is 14.5. The van der Waals surface area contributed by atoms with Crippen LogP contribution in [0.1, 0.15) is 25.3 Å². The molecule has 4 heteroatoms. The van der Waals surface area contributed by atoms with Gasteiger partial charge in [-0.3, -0.25) is 0 Å². The van der Waals surface area contributed by atoms with Gasteiger partial charge in [0.15, 0.2) is 0 Å². The highest BCUT2D eigenvalue weighted by atomic mass is 16.5. The average Bonchev–Trinajstić information content (AvgIpc) is 2.49. The molecule has 114 valence electrons. The van der Waals surface area contributed by atoms with Gasteiger partial charge < -0.3 is 19.5 Å². The van der Waals surface area contributed by atoms with Crippen molar-refractivity contribution in [3.63, 3.8) is 0 Å². The maximum atomic E-state index is 5.62. The minimum Gasteiger partial charge on any atom is -0.491 e. The third-order valence-electron chi connectivity index (χ3n) is 2.87. The van der Waals surface area contributed by atoms with Gasteiger partial charge in [0.05, 0.1) is 13.2 Å². The van der Waals surface area contributed by atoms with Crippen molar-refractivity contribution in [1.82, 2.24) is 5.32 Å². The van der Waals surface area contributed by atoms with Crippen molar-refractivity contribution in [2.75, 3.05) is 40.1 Å². The number of benzene rings is 1. The van der Waals surface area contributed by atoms with Crippen LogP contribution >= 0.6 is 0 Å². The number of rotatable bonds is 12. The summed E-state index contributed by atoms with van der Waals surface area (Å²) in [5.74, 6) is 0.893. The van der Waals surface area contributed by atoms with Gasteiger partial charge in [-0.25, -0.2) is 0 Å². The van der Waals surface area contributed by atoms with E-state index < -0.39 is 0 Å². The molecule has 0 spiro atoms. The Morgan fingerprint density at radius 1 is 1.00 bits per heavy atom. The van der Waals surface area contributed by atoms with Crippen LogP contribution in [0.5, 0.6) is 5.75 Å². The summed E-state index contributed by atoms with van der Waals surface area (Å²) in [6.07, 6.45) is 2.28. The van der Waals surface area contributed by atoms with Crippen molar-refractivity contribution < 1.29 is 14.2 Å². The van der Waals surface area contributed by atoms with E-state index in [9.17, 15) is 0 Å². The molecular formula is C16H27NO3. The molecule has 1 aromatic carbocycles. The highest BCUT2D eigenvalue weighted by molar-refractivity contribution is 5.27. The third kappa shape index (κ3) is 8.15. The van der Waals surface area contributed by atoms with Gasteiger partial charge in [0.1, 0.15) is 12.4 Å². The van der Waals surface area contributed by atoms with Crippen molar-refractivity contribution >= 4 is 0 Å². The van der Waals surface area contributed by atoms with Crippen molar-refractivity contribution in [3.05, 3.63) is 29.8 Å². The topological polar surface area (TPSA) is 39.7 Å². The van der Waals surface area contributed by atoms with Gasteiger partial charge in [-0.05, 0) is 24.1 Å². The van der Waals surface area contributed by atoms with Crippen LogP contribution in [-0.2, 0) is 16.0 Å². The lowest BCUT2D eigenvalue weighted by atomic mass is 10.2. The Morgan fingerprint density at radius 3 is 2.50 bits per heavy atom. The number of nitrogens with one attached hydrogen (secondary N) is 1. The molecule has 0 aliphatic carbocycles. The number of methoxy groups -OCH3 is 1. The second kappa shape index (κ2) is 11.7. The van der Waals surface area contributed by atoms with Gasteiger partial charge in [0.2, 0.25) is 0 Å². The summed E-state index contributed by atoms with van der Waals surface area (Å²) in [7, 11) is 1.71. The second-order valence-electron chi connectivity index (χ2n) is 4.63. The van der Waals surface area contributed by atoms with E-state index in [2.05, 4.69) is 24.4 Å². The predicted molar refractivity (Wildman–Crippen MR) is 81.2 cm³/mol. The molecular weight excluding hydrogens is 254 g/mol. The van der Waals surface area contributed by atoms with E-state index >= 15 is 0 Å². The molecule has 0 amide bonds. The van der Waals surface area contributed by atoms with E-state index in [-0.39, 0.29) is 0 Å². The lowest BCUT2D eigenvalue weighted by Crippen LogP contribution is -2.18. The first-order valence-corrected chi connectivity index (χ1v) is 7.36. The van der Waals surface area contributed by atoms with Crippen molar-refractivity contribution in [2.45, 2.75) is 26.3 Å². The summed E-state index contributed by atoms with van der Waals surface area (Å²) in [5, 5.41) is 3.31. The molecule has 4 nitrogen and oxygen atoms in total. The fraction of sp³-hybridized carbons (Fsp3) is 0.625. The van der Waals surface area contributed by atoms with Crippen LogP contribution in [0.25, 0.3) is 0 Å². The highest BCUT2D eigenvalue weighted by Crippen LogP contribution is 2.11. The summed E-state index contributed by atoms with van der Waals surface area (Å²) < 4.78 is 16.1. The SMILES string of the molecule is CCCCOCCOc1ccc(CNCCOC)cc1. The van der Waals surface area contributed by atoms with Gasteiger partial charge >= 0.3 is 0 Å². The molecule has 0 radical (unpaired) electrons. The molecule has 0 saturated carbocycles. The molecule has 1 aromatic rings. The Kier molecular flexibility index (Phi) is 9.92. The van der Waals surface area contributed by atoms with Gasteiger partial charge in [-0.1, -0.05) is 25.5 Å². The fourth-order valence-electron chi connectivity index (χ4n) is 1.68. The largest absolute Gasteiger partial charge is 0.491 e. The molecule has 0 bridgehead atoms. The second-order valence-corrected chi connectivity index (χ2v) is 4.63. The first-order valence-electron chi connectivity index (χ1n) is 7.36. The lowest BCUT2D eigenvalue weighted by molar-refractivity contribution is 0.0980. The molecule has 0 aromatic heterocycles. The highest BCUT2D eigenvalue weighted by Gasteiger charge is 1.96. The number of unbranched alkanes of at least 4 members (excludes halogenated alkanes) is 1. The number of hydrogen-bond acceptors (Lipinski definition) is 4. The predicted octanol–water partition coefficient (Wildman–Crippen LogP) is 2.62. The Balaban J connectivity index is 2.12. The van der Waals surface area contributed by atoms with E-state index in [0.29, 0.717) is 13.2 Å². The standard InChI is InChI=1S/C16H27NO3/c1-3-4-10-19-12-13-20-16-7-5-15(6-8-16)14-17-9-11-18-2/h5-8,17H,3-4,9-14H2,1-2H3. The van der Waals surface area contributed by atoms with Crippen LogP contribution in [0.4, 0.5) is 0 Å². The molecule has 0 fully saturated rings. The molecule has 1 N–H and O–H groups in total. The maximum absolute atomic E-state index is 5.62. The summed E-state index contributed by atoms with van der Waals surface area (Å²) >= 11 is 0. The van der Waals surface area contributed by atoms with Crippen LogP contribution in [0, 0.1) is 0 Å². The van der Waals surface area contributed by atoms with E-state index in [4.69, 9.17) is 14.2 Å². The summed E-state index contributed by atoms with van der Waals surface area (Å²) in [6, 6.07) is 8.15. The van der Waals surface area contributed by atoms with E-state index in [1.54, 1.807) is 7.11 Å². The molecule has 20 heavy (non-hydrogen) atoms. The first-order chi connectivity index (χ1) is 9.86. The lowest BCUT2D eigenvalue weighted by Gasteiger charge is -2.08. The maximum Gasteiger partial charge on any atom is 0.119 e. The molecule has 0 aliphatic heterocycles. The third-order valence-corrected chi connectivity index (χ3v) is 2.87. The zero-order valence-electron chi connectivity index (χ0n) is 12.7. The smallest absolute Gasteiger partial charge is 0.119 e. The minimum atomic E-state index is 0.606. The van der Waals surface area contributed by atoms with Crippen LogP contribution in [0.3, 0.4) is 0 Å². The quantitative estimate of drug-likeness (QED) is 0.598. The Morgan fingerprint density at radius 2 is 1.80 bits per heavy atom. The van der Waals surface area contributed by atoms with Crippen molar-refractivity contribution in [3.8, 4) is 5.75 Å². The fourth-order valence-corrected chi connectivity index (χ4v) is 1.68. The zero-order valence-corrected chi connectivity index (χ0v) is 12.7. The van der Waals surface area contributed by atoms with Crippen LogP contribution in [0.2, 0.25) is 0 Å². The Bertz CT molecular complexity index is 327. The molecule has 0 atom stereocenters. The molecule has 0 unspecified atom stereocenters. The molecule has 1 rings (SSSR count). The Hall–Kier alpha value is -1.10. The summed E-state index contributed by atoms with van der Waals surface area (Å²) in [5.41, 5.74) is 1.24. The summed E-state index contributed by atoms with van der Waals surface area (Å²) in [4.78, 5) is 0. The van der Waals surface area contributed by atoms with Crippen LogP contribution < -0.4 is 10.1 Å². The number of ether oxygens (including phenoxy) is 3. The normalized spacial score (nSPS) is 10.7. The van der Waals surface area contributed by atoms with Gasteiger partial charge in [-0.2, -0.15) is 0 Å². The molecule has 0 saturated heterocycles. The van der Waals surface area contributed by atoms with Gasteiger partial charge in [0, 0.05) is 26.8 Å². The van der Waals surface area contributed by atoms with Gasteiger partial charge in [0.25, 0.3) is 0 Å². The minimum absolute atomic E-state index is 0.606. The van der Waals surface area contributed by atoms with Crippen molar-refractivity contribution in [1.29, 1.82) is 0 Å². The average molecular weight is 281 g/mol. The van der Waals surface area contributed by atoms with Crippen LogP contribution in [0.15, 0.2) is 24.3 Å². The monoisotopic (exact) mass is 281 g/mol. The van der Waals surface area contributed by atoms with Crippen molar-refractivity contribution in [2.24, 2.45) is 0 Å². The molecule has 0 aliphatic rings. The first kappa shape index (κ1) is 17.0. The Labute approximate surface area is 122 Å². The van der Waals surface area contributed by atoms with Crippen LogP contribution in [-0.4, -0.2) is 40.1 Å². The summed E-state index contributed by atoms with van der Waals surface area (Å²) in [6.45, 7) is 6.69. The van der Waals surface area contributed by atoms with E-state index in [1.165, 1.54) is 12.0 Å². The van der Waals surface area contributed by atoms with E-state index in [1.807, 2.05) is 12.1 Å².